The zero-order valence-electron chi connectivity index (χ0n) is 20.7. The molecule has 38 heavy (non-hydrogen) atoms. The average Bonchev–Trinajstić information content (AvgIpc) is 3.55. The summed E-state index contributed by atoms with van der Waals surface area (Å²) < 4.78 is 18.7. The SMILES string of the molecule is COc1ccc(NC2=C(Sc3ccc(NC(=O)C4CCCC4)cc3)C(=O)N(c3ccc(F)cc3)C2=O)cc1. The maximum atomic E-state index is 13.5. The lowest BCUT2D eigenvalue weighted by molar-refractivity contribution is -0.121. The van der Waals surface area contributed by atoms with E-state index in [-0.39, 0.29) is 28.1 Å². The van der Waals surface area contributed by atoms with Crippen LogP contribution in [0.5, 0.6) is 5.75 Å². The quantitative estimate of drug-likeness (QED) is 0.349. The summed E-state index contributed by atoms with van der Waals surface area (Å²) in [5, 5.41) is 6.04. The van der Waals surface area contributed by atoms with E-state index >= 15 is 0 Å². The average molecular weight is 532 g/mol. The molecule has 0 bridgehead atoms. The number of thioether (sulfide) groups is 1. The molecule has 2 aliphatic rings. The third-order valence-electron chi connectivity index (χ3n) is 6.55. The highest BCUT2D eigenvalue weighted by atomic mass is 32.2. The van der Waals surface area contributed by atoms with Crippen molar-refractivity contribution in [2.45, 2.75) is 30.6 Å². The number of methoxy groups -OCH3 is 1. The molecule has 0 unspecified atom stereocenters. The third-order valence-corrected chi connectivity index (χ3v) is 7.64. The molecule has 0 aromatic heterocycles. The monoisotopic (exact) mass is 531 g/mol. The van der Waals surface area contributed by atoms with Gasteiger partial charge in [0, 0.05) is 22.2 Å². The highest BCUT2D eigenvalue weighted by Gasteiger charge is 2.40. The van der Waals surface area contributed by atoms with Crippen LogP contribution < -0.4 is 20.3 Å². The van der Waals surface area contributed by atoms with Crippen LogP contribution in [0.25, 0.3) is 0 Å². The number of hydrogen-bond acceptors (Lipinski definition) is 6. The number of imide groups is 1. The first kappa shape index (κ1) is 25.5. The molecule has 2 N–H and O–H groups in total. The Labute approximate surface area is 224 Å². The lowest BCUT2D eigenvalue weighted by Gasteiger charge is -2.15. The fourth-order valence-electron chi connectivity index (χ4n) is 4.51. The Balaban J connectivity index is 1.40. The zero-order chi connectivity index (χ0) is 26.6. The Morgan fingerprint density at radius 3 is 2.16 bits per heavy atom. The molecular formula is C29H26FN3O4S. The molecule has 0 saturated heterocycles. The van der Waals surface area contributed by atoms with Gasteiger partial charge in [0.15, 0.2) is 0 Å². The van der Waals surface area contributed by atoms with Crippen molar-refractivity contribution < 1.29 is 23.5 Å². The Bertz CT molecular complexity index is 1380. The Morgan fingerprint density at radius 2 is 1.53 bits per heavy atom. The van der Waals surface area contributed by atoms with Gasteiger partial charge in [-0.3, -0.25) is 14.4 Å². The van der Waals surface area contributed by atoms with E-state index in [2.05, 4.69) is 10.6 Å². The van der Waals surface area contributed by atoms with Gasteiger partial charge in [-0.2, -0.15) is 0 Å². The first-order valence-corrected chi connectivity index (χ1v) is 13.1. The number of anilines is 3. The normalized spacial score (nSPS) is 15.8. The van der Waals surface area contributed by atoms with Crippen molar-refractivity contribution in [2.75, 3.05) is 22.6 Å². The van der Waals surface area contributed by atoms with E-state index in [0.29, 0.717) is 17.1 Å². The number of carbonyl (C=O) groups is 3. The molecule has 1 fully saturated rings. The summed E-state index contributed by atoms with van der Waals surface area (Å²) >= 11 is 1.15. The number of amides is 3. The van der Waals surface area contributed by atoms with Crippen LogP contribution in [0, 0.1) is 11.7 Å². The lowest BCUT2D eigenvalue weighted by Crippen LogP contribution is -2.32. The second-order valence-electron chi connectivity index (χ2n) is 9.08. The van der Waals surface area contributed by atoms with Gasteiger partial charge in [-0.25, -0.2) is 9.29 Å². The van der Waals surface area contributed by atoms with Gasteiger partial charge < -0.3 is 15.4 Å². The van der Waals surface area contributed by atoms with Crippen LogP contribution in [0.4, 0.5) is 21.5 Å². The van der Waals surface area contributed by atoms with Gasteiger partial charge in [-0.05, 0) is 85.6 Å². The Kier molecular flexibility index (Phi) is 7.46. The minimum Gasteiger partial charge on any atom is -0.497 e. The smallest absolute Gasteiger partial charge is 0.283 e. The van der Waals surface area contributed by atoms with Crippen LogP contribution in [0.3, 0.4) is 0 Å². The third kappa shape index (κ3) is 5.43. The predicted octanol–water partition coefficient (Wildman–Crippen LogP) is 5.95. The second-order valence-corrected chi connectivity index (χ2v) is 10.2. The molecule has 5 rings (SSSR count). The molecule has 0 radical (unpaired) electrons. The largest absolute Gasteiger partial charge is 0.497 e. The lowest BCUT2D eigenvalue weighted by atomic mass is 10.1. The maximum Gasteiger partial charge on any atom is 0.283 e. The van der Waals surface area contributed by atoms with Gasteiger partial charge in [0.1, 0.15) is 22.2 Å². The van der Waals surface area contributed by atoms with Crippen molar-refractivity contribution in [3.05, 3.63) is 89.2 Å². The first-order valence-electron chi connectivity index (χ1n) is 12.3. The summed E-state index contributed by atoms with van der Waals surface area (Å²) in [6, 6.07) is 19.3. The van der Waals surface area contributed by atoms with Crippen molar-refractivity contribution in [1.29, 1.82) is 0 Å². The van der Waals surface area contributed by atoms with Crippen LogP contribution in [0.15, 0.2) is 88.3 Å². The number of ether oxygens (including phenoxy) is 1. The van der Waals surface area contributed by atoms with E-state index in [1.807, 2.05) is 0 Å². The van der Waals surface area contributed by atoms with Crippen LogP contribution in [-0.2, 0) is 14.4 Å². The first-order chi connectivity index (χ1) is 18.4. The van der Waals surface area contributed by atoms with Crippen LogP contribution in [0.2, 0.25) is 0 Å². The number of benzene rings is 3. The Hall–Kier alpha value is -4.11. The summed E-state index contributed by atoms with van der Waals surface area (Å²) in [6.45, 7) is 0. The van der Waals surface area contributed by atoms with Gasteiger partial charge in [0.25, 0.3) is 11.8 Å². The molecule has 7 nitrogen and oxygen atoms in total. The van der Waals surface area contributed by atoms with Crippen molar-refractivity contribution in [3.63, 3.8) is 0 Å². The maximum absolute atomic E-state index is 13.5. The summed E-state index contributed by atoms with van der Waals surface area (Å²) in [6.07, 6.45) is 3.99. The second kappa shape index (κ2) is 11.1. The Morgan fingerprint density at radius 1 is 0.895 bits per heavy atom. The van der Waals surface area contributed by atoms with Gasteiger partial charge in [-0.1, -0.05) is 24.6 Å². The van der Waals surface area contributed by atoms with Crippen molar-refractivity contribution in [1.82, 2.24) is 0 Å². The number of halogens is 1. The molecule has 3 amide bonds. The summed E-state index contributed by atoms with van der Waals surface area (Å²) in [5.41, 5.74) is 1.67. The molecule has 0 spiro atoms. The number of nitrogens with one attached hydrogen (secondary N) is 2. The topological polar surface area (TPSA) is 87.7 Å². The standard InChI is InChI=1S/C29H26FN3O4S/c1-37-23-14-8-20(9-15-23)31-25-26(29(36)33(28(25)35)22-12-6-19(30)7-13-22)38-24-16-10-21(11-17-24)32-27(34)18-4-2-3-5-18/h6-18,31H,2-5H2,1H3,(H,32,34). The van der Waals surface area contributed by atoms with Crippen molar-refractivity contribution in [3.8, 4) is 5.75 Å². The molecular weight excluding hydrogens is 505 g/mol. The molecule has 1 aliphatic heterocycles. The van der Waals surface area contributed by atoms with E-state index in [1.54, 1.807) is 55.6 Å². The fraction of sp³-hybridized carbons (Fsp3) is 0.207. The van der Waals surface area contributed by atoms with Crippen molar-refractivity contribution in [2.24, 2.45) is 5.92 Å². The minimum atomic E-state index is -0.541. The number of nitrogens with zero attached hydrogens (tertiary/aromatic N) is 1. The van der Waals surface area contributed by atoms with Gasteiger partial charge in [-0.15, -0.1) is 0 Å². The molecule has 3 aromatic rings. The summed E-state index contributed by atoms with van der Waals surface area (Å²) in [5.74, 6) is -0.779. The van der Waals surface area contributed by atoms with E-state index in [0.717, 1.165) is 47.2 Å². The van der Waals surface area contributed by atoms with Crippen molar-refractivity contribution >= 4 is 46.5 Å². The number of rotatable bonds is 8. The highest BCUT2D eigenvalue weighted by Crippen LogP contribution is 2.38. The van der Waals surface area contributed by atoms with Gasteiger partial charge in [0.05, 0.1) is 12.8 Å². The molecule has 9 heteroatoms. The summed E-state index contributed by atoms with van der Waals surface area (Å²) in [7, 11) is 1.56. The van der Waals surface area contributed by atoms with E-state index in [4.69, 9.17) is 4.74 Å². The van der Waals surface area contributed by atoms with Crippen LogP contribution in [-0.4, -0.2) is 24.8 Å². The fourth-order valence-corrected chi connectivity index (χ4v) is 5.44. The predicted molar refractivity (Wildman–Crippen MR) is 145 cm³/mol. The van der Waals surface area contributed by atoms with Gasteiger partial charge in [0.2, 0.25) is 5.91 Å². The number of carbonyl (C=O) groups excluding carboxylic acids is 3. The number of hydrogen-bond donors (Lipinski definition) is 2. The van der Waals surface area contributed by atoms with Crippen LogP contribution in [0.1, 0.15) is 25.7 Å². The van der Waals surface area contributed by atoms with Crippen LogP contribution >= 0.6 is 11.8 Å². The molecule has 0 atom stereocenters. The van der Waals surface area contributed by atoms with E-state index in [1.165, 1.54) is 24.3 Å². The van der Waals surface area contributed by atoms with E-state index < -0.39 is 17.6 Å². The molecule has 1 saturated carbocycles. The van der Waals surface area contributed by atoms with Gasteiger partial charge >= 0.3 is 0 Å². The molecule has 1 heterocycles. The van der Waals surface area contributed by atoms with E-state index in [9.17, 15) is 18.8 Å². The summed E-state index contributed by atoms with van der Waals surface area (Å²) in [4.78, 5) is 41.3. The zero-order valence-corrected chi connectivity index (χ0v) is 21.5. The minimum absolute atomic E-state index is 0.0306. The molecule has 194 valence electrons. The highest BCUT2D eigenvalue weighted by molar-refractivity contribution is 8.04. The molecule has 1 aliphatic carbocycles. The molecule has 3 aromatic carbocycles.